The summed E-state index contributed by atoms with van der Waals surface area (Å²) in [4.78, 5) is 48.4. The Bertz CT molecular complexity index is 3090. The predicted octanol–water partition coefficient (Wildman–Crippen LogP) is 5.09. The van der Waals surface area contributed by atoms with Gasteiger partial charge >= 0.3 is 12.2 Å². The molecule has 2 unspecified atom stereocenters. The maximum absolute atomic E-state index is 13.8. The average molecular weight is 1210 g/mol. The minimum absolute atomic E-state index is 0.0226. The van der Waals surface area contributed by atoms with Gasteiger partial charge in [0, 0.05) is 41.7 Å². The minimum atomic E-state index is -4.03. The summed E-state index contributed by atoms with van der Waals surface area (Å²) in [6.07, 6.45) is -1.96. The number of fused-ring (bicyclic) bond motifs is 4. The highest BCUT2D eigenvalue weighted by atomic mass is 35.7. The van der Waals surface area contributed by atoms with E-state index in [1.807, 2.05) is 74.5 Å². The topological polar surface area (TPSA) is 296 Å². The number of nitrogens with zero attached hydrogens (tertiary/aromatic N) is 1. The highest BCUT2D eigenvalue weighted by molar-refractivity contribution is 8.13. The number of amides is 4. The van der Waals surface area contributed by atoms with E-state index in [4.69, 9.17) is 39.1 Å². The first-order chi connectivity index (χ1) is 39.6. The molecule has 6 aliphatic heterocycles. The second-order valence-corrected chi connectivity index (χ2v) is 26.8. The van der Waals surface area contributed by atoms with Crippen molar-refractivity contribution in [2.24, 2.45) is 23.7 Å². The number of ether oxygens (including phenoxy) is 6. The van der Waals surface area contributed by atoms with Gasteiger partial charge in [0.1, 0.15) is 12.2 Å². The molecule has 7 N–H and O–H groups in total. The van der Waals surface area contributed by atoms with Gasteiger partial charge in [0.15, 0.2) is 12.6 Å². The van der Waals surface area contributed by atoms with Crippen LogP contribution in [0, 0.1) is 23.7 Å². The van der Waals surface area contributed by atoms with Gasteiger partial charge in [-0.15, -0.1) is 0 Å². The summed E-state index contributed by atoms with van der Waals surface area (Å²) in [5.41, 5.74) is 4.43. The van der Waals surface area contributed by atoms with E-state index in [1.54, 1.807) is 6.07 Å². The van der Waals surface area contributed by atoms with Gasteiger partial charge in [0.05, 0.1) is 85.2 Å². The Balaban J connectivity index is 0.000000183. The number of carbonyl (C=O) groups is 4. The third-order valence-corrected chi connectivity index (χ3v) is 18.0. The van der Waals surface area contributed by atoms with E-state index in [2.05, 4.69) is 40.4 Å². The Morgan fingerprint density at radius 2 is 1.11 bits per heavy atom. The van der Waals surface area contributed by atoms with Crippen LogP contribution in [0.3, 0.4) is 0 Å². The van der Waals surface area contributed by atoms with Crippen LogP contribution in [0.2, 0.25) is 0 Å². The fourth-order valence-corrected chi connectivity index (χ4v) is 13.1. The second kappa shape index (κ2) is 28.9. The van der Waals surface area contributed by atoms with Gasteiger partial charge in [-0.2, -0.15) is 4.31 Å². The number of carbonyl (C=O) groups excluding carboxylic acids is 4. The molecule has 4 amide bonds. The summed E-state index contributed by atoms with van der Waals surface area (Å²) in [7, 11) is -2.58. The number of anilines is 2. The number of alkyl carbamates (subject to hydrolysis) is 2. The van der Waals surface area contributed by atoms with Crippen molar-refractivity contribution in [3.8, 4) is 0 Å². The third kappa shape index (κ3) is 17.7. The fraction of sp³-hybridized carbons (Fsp3) is 0.517. The molecule has 0 bridgehead atoms. The lowest BCUT2D eigenvalue weighted by molar-refractivity contribution is -0.115. The van der Waals surface area contributed by atoms with Crippen molar-refractivity contribution in [1.29, 1.82) is 0 Å². The van der Waals surface area contributed by atoms with Crippen LogP contribution in [0.5, 0.6) is 0 Å². The summed E-state index contributed by atoms with van der Waals surface area (Å²) in [6, 6.07) is 26.7. The van der Waals surface area contributed by atoms with Gasteiger partial charge in [0.25, 0.3) is 9.05 Å². The van der Waals surface area contributed by atoms with Crippen LogP contribution < -0.4 is 26.6 Å². The highest BCUT2D eigenvalue weighted by Crippen LogP contribution is 2.35. The molecule has 4 saturated heterocycles. The van der Waals surface area contributed by atoms with Gasteiger partial charge in [0.2, 0.25) is 21.8 Å². The van der Waals surface area contributed by atoms with Gasteiger partial charge in [-0.1, -0.05) is 88.4 Å². The monoisotopic (exact) mass is 1210 g/mol. The predicted molar refractivity (Wildman–Crippen MR) is 306 cm³/mol. The van der Waals surface area contributed by atoms with Gasteiger partial charge < -0.3 is 65.2 Å². The molecular weight excluding hydrogens is 1140 g/mol. The normalized spacial score (nSPS) is 22.8. The van der Waals surface area contributed by atoms with Crippen LogP contribution in [0.4, 0.5) is 21.0 Å². The zero-order chi connectivity index (χ0) is 59.4. The van der Waals surface area contributed by atoms with Crippen LogP contribution >= 0.6 is 10.7 Å². The molecule has 4 fully saturated rings. The van der Waals surface area contributed by atoms with Crippen LogP contribution in [-0.2, 0) is 82.8 Å². The molecule has 25 heteroatoms. The number of hydrogen-bond acceptors (Lipinski definition) is 17. The molecule has 10 atom stereocenters. The van der Waals surface area contributed by atoms with Crippen molar-refractivity contribution in [1.82, 2.24) is 20.3 Å². The standard InChI is InChI=1S/C29H37N3O8S.C21H32N2O5.C8H6ClNO3S/c1-18(2)15-32(41(36,37)21-8-9-23-20(13-21)14-27(34)30-23)16-25(33)24(12-19-6-4-3-5-7-19)31-29(35)40-26-17-39-28-22(26)10-11-38-28;1-14(2)11-22-12-18(24)17(10-15-6-4-3-5-7-15)23-21(25)28-19-13-27-20-16(19)8-9-26-20;9-14(12,13)6-1-2-7-5(3-6)4-8(11)10-7/h3-9,13,18,22,24-26,28,33H,10-12,14-17H2,1-2H3,(H,30,34)(H,31,35);3-7,14,16-20,22,24H,8-13H2,1-2H3,(H,23,25);1-3H,4H2,(H,10,11)/t22-,24-,25+,26?,28+;16-,17-,18+,19?,20+;/m00./s1. The van der Waals surface area contributed by atoms with Crippen molar-refractivity contribution >= 4 is 65.1 Å². The Kier molecular flexibility index (Phi) is 22.0. The Labute approximate surface area is 489 Å². The van der Waals surface area contributed by atoms with Crippen molar-refractivity contribution < 1.29 is 74.6 Å². The van der Waals surface area contributed by atoms with E-state index in [0.29, 0.717) is 61.2 Å². The lowest BCUT2D eigenvalue weighted by Gasteiger charge is -2.31. The molecule has 0 radical (unpaired) electrons. The van der Waals surface area contributed by atoms with Crippen LogP contribution in [0.25, 0.3) is 0 Å². The largest absolute Gasteiger partial charge is 0.443 e. The van der Waals surface area contributed by atoms with Crippen molar-refractivity contribution in [2.75, 3.05) is 63.2 Å². The first-order valence-electron chi connectivity index (χ1n) is 27.9. The summed E-state index contributed by atoms with van der Waals surface area (Å²) in [5, 5.41) is 36.3. The maximum Gasteiger partial charge on any atom is 0.407 e. The average Bonchev–Trinajstić information content (AvgIpc) is 4.40. The number of nitrogens with one attached hydrogen (secondary N) is 5. The number of benzene rings is 4. The molecule has 0 aliphatic carbocycles. The molecule has 0 saturated carbocycles. The van der Waals surface area contributed by atoms with E-state index in [9.17, 15) is 46.2 Å². The Morgan fingerprint density at radius 3 is 1.58 bits per heavy atom. The van der Waals surface area contributed by atoms with E-state index < -0.39 is 61.7 Å². The molecule has 0 spiro atoms. The summed E-state index contributed by atoms with van der Waals surface area (Å²) < 4.78 is 84.1. The molecule has 22 nitrogen and oxygen atoms in total. The Hall–Kier alpha value is -5.77. The molecule has 83 heavy (non-hydrogen) atoms. The van der Waals surface area contributed by atoms with Gasteiger partial charge in [-0.05, 0) is 103 Å². The number of hydrogen-bond donors (Lipinski definition) is 7. The zero-order valence-electron chi connectivity index (χ0n) is 46.8. The van der Waals surface area contributed by atoms with E-state index in [1.165, 1.54) is 34.6 Å². The smallest absolute Gasteiger partial charge is 0.407 e. The molecule has 4 aromatic carbocycles. The number of sulfonamides is 1. The fourth-order valence-electron chi connectivity index (χ4n) is 10.6. The minimum Gasteiger partial charge on any atom is -0.443 e. The molecule has 4 aromatic rings. The van der Waals surface area contributed by atoms with E-state index >= 15 is 0 Å². The molecule has 452 valence electrons. The highest BCUT2D eigenvalue weighted by Gasteiger charge is 2.45. The van der Waals surface area contributed by atoms with Crippen molar-refractivity contribution in [3.05, 3.63) is 119 Å². The number of aliphatic hydroxyl groups excluding tert-OH is 2. The lowest BCUT2D eigenvalue weighted by atomic mass is 10.0. The summed E-state index contributed by atoms with van der Waals surface area (Å²) in [6.45, 7) is 10.9. The molecular formula is C58H75ClN6O16S2. The Morgan fingerprint density at radius 1 is 0.639 bits per heavy atom. The van der Waals surface area contributed by atoms with Crippen molar-refractivity contribution in [3.63, 3.8) is 0 Å². The molecule has 6 heterocycles. The first-order valence-corrected chi connectivity index (χ1v) is 31.7. The van der Waals surface area contributed by atoms with Crippen LogP contribution in [-0.4, -0.2) is 157 Å². The number of aliphatic hydroxyl groups is 2. The first kappa shape index (κ1) is 63.3. The lowest BCUT2D eigenvalue weighted by Crippen LogP contribution is -2.51. The summed E-state index contributed by atoms with van der Waals surface area (Å²) in [5.74, 6) is 0.180. The molecule has 10 rings (SSSR count). The zero-order valence-corrected chi connectivity index (χ0v) is 49.2. The quantitative estimate of drug-likeness (QED) is 0.0535. The van der Waals surface area contributed by atoms with Gasteiger partial charge in [-0.25, -0.2) is 26.4 Å². The van der Waals surface area contributed by atoms with Crippen molar-refractivity contribution in [2.45, 2.75) is 125 Å². The number of halogens is 1. The molecule has 0 aromatic heterocycles. The maximum atomic E-state index is 13.8. The van der Waals surface area contributed by atoms with E-state index in [-0.39, 0.29) is 97.0 Å². The third-order valence-electron chi connectivity index (χ3n) is 14.8. The van der Waals surface area contributed by atoms with Gasteiger partial charge in [-0.3, -0.25) is 9.59 Å². The number of rotatable bonds is 21. The van der Waals surface area contributed by atoms with Crippen LogP contribution in [0.1, 0.15) is 62.8 Å². The molecule has 6 aliphatic rings. The van der Waals surface area contributed by atoms with Crippen LogP contribution in [0.15, 0.2) is 107 Å². The SMILES string of the molecule is CC(C)CN(C[C@@H](O)[C@H](Cc1ccccc1)NC(=O)OC1CO[C@H]2OCC[C@@H]12)S(=O)(=O)c1ccc2c(c1)CC(=O)N2.CC(C)CNC[C@@H](O)[C@H](Cc1ccccc1)NC(=O)OC1CO[C@H]2OCC[C@@H]12.O=C1Cc2cc(S(=O)(=O)Cl)ccc2N1. The second-order valence-electron chi connectivity index (χ2n) is 22.2. The summed E-state index contributed by atoms with van der Waals surface area (Å²) >= 11 is 0. The van der Waals surface area contributed by atoms with E-state index in [0.717, 1.165) is 30.5 Å².